The first-order valence-electron chi connectivity index (χ1n) is 6.46. The van der Waals surface area contributed by atoms with Gasteiger partial charge in [0, 0.05) is 11.0 Å². The zero-order valence-electron chi connectivity index (χ0n) is 10.4. The van der Waals surface area contributed by atoms with Crippen molar-refractivity contribution >= 4 is 21.8 Å². The van der Waals surface area contributed by atoms with Gasteiger partial charge in [0.25, 0.3) is 0 Å². The summed E-state index contributed by atoms with van der Waals surface area (Å²) < 4.78 is 1.02. The number of hydrogen-bond donors (Lipinski definition) is 2. The predicted octanol–water partition coefficient (Wildman–Crippen LogP) is 2.11. The van der Waals surface area contributed by atoms with Gasteiger partial charge in [-0.25, -0.2) is 0 Å². The summed E-state index contributed by atoms with van der Waals surface area (Å²) in [5, 5.41) is 6.38. The van der Waals surface area contributed by atoms with Crippen LogP contribution in [0.25, 0.3) is 0 Å². The highest BCUT2D eigenvalue weighted by Gasteiger charge is 2.13. The standard InChI is InChI=1S/C14H19BrN2O/c15-13-5-1-3-11(7-13)8-14(18)17-10-12-4-2-6-16-9-12/h1,3,5,7,12,16H,2,4,6,8-10H2,(H,17,18)/t12-/m0/s1. The molecule has 0 aromatic heterocycles. The molecule has 1 amide bonds. The van der Waals surface area contributed by atoms with E-state index in [1.165, 1.54) is 12.8 Å². The van der Waals surface area contributed by atoms with E-state index in [2.05, 4.69) is 26.6 Å². The van der Waals surface area contributed by atoms with Crippen LogP contribution in [-0.2, 0) is 11.2 Å². The number of hydrogen-bond acceptors (Lipinski definition) is 2. The number of rotatable bonds is 4. The summed E-state index contributed by atoms with van der Waals surface area (Å²) in [7, 11) is 0. The number of carbonyl (C=O) groups is 1. The smallest absolute Gasteiger partial charge is 0.224 e. The molecule has 3 nitrogen and oxygen atoms in total. The van der Waals surface area contributed by atoms with Gasteiger partial charge in [0.1, 0.15) is 0 Å². The monoisotopic (exact) mass is 310 g/mol. The van der Waals surface area contributed by atoms with Gasteiger partial charge in [0.2, 0.25) is 5.91 Å². The molecule has 0 spiro atoms. The van der Waals surface area contributed by atoms with Crippen LogP contribution >= 0.6 is 15.9 Å². The van der Waals surface area contributed by atoms with E-state index in [1.54, 1.807) is 0 Å². The Hall–Kier alpha value is -0.870. The van der Waals surface area contributed by atoms with E-state index in [-0.39, 0.29) is 5.91 Å². The number of piperidine rings is 1. The van der Waals surface area contributed by atoms with Gasteiger partial charge in [0.05, 0.1) is 6.42 Å². The average molecular weight is 311 g/mol. The fraction of sp³-hybridized carbons (Fsp3) is 0.500. The Morgan fingerprint density at radius 1 is 1.50 bits per heavy atom. The highest BCUT2D eigenvalue weighted by molar-refractivity contribution is 9.10. The Kier molecular flexibility index (Phi) is 5.20. The van der Waals surface area contributed by atoms with E-state index in [1.807, 2.05) is 24.3 Å². The van der Waals surface area contributed by atoms with Crippen molar-refractivity contribution in [3.63, 3.8) is 0 Å². The molecule has 1 aliphatic rings. The second-order valence-corrected chi connectivity index (χ2v) is 5.74. The number of carbonyl (C=O) groups excluding carboxylic acids is 1. The number of nitrogens with one attached hydrogen (secondary N) is 2. The molecule has 0 aliphatic carbocycles. The van der Waals surface area contributed by atoms with Crippen molar-refractivity contribution in [2.24, 2.45) is 5.92 Å². The van der Waals surface area contributed by atoms with Gasteiger partial charge in [-0.05, 0) is 49.5 Å². The fourth-order valence-electron chi connectivity index (χ4n) is 2.25. The third-order valence-corrected chi connectivity index (χ3v) is 3.73. The van der Waals surface area contributed by atoms with Crippen LogP contribution in [0.15, 0.2) is 28.7 Å². The first-order chi connectivity index (χ1) is 8.74. The molecule has 1 aromatic rings. The van der Waals surface area contributed by atoms with Gasteiger partial charge in [0.15, 0.2) is 0 Å². The summed E-state index contributed by atoms with van der Waals surface area (Å²) in [6.07, 6.45) is 2.88. The summed E-state index contributed by atoms with van der Waals surface area (Å²) in [6.45, 7) is 2.93. The molecular formula is C14H19BrN2O. The average Bonchev–Trinajstić information content (AvgIpc) is 2.38. The molecule has 1 atom stereocenters. The highest BCUT2D eigenvalue weighted by Crippen LogP contribution is 2.12. The molecule has 1 aliphatic heterocycles. The second-order valence-electron chi connectivity index (χ2n) is 4.82. The molecule has 2 rings (SSSR count). The zero-order chi connectivity index (χ0) is 12.8. The van der Waals surface area contributed by atoms with Crippen molar-refractivity contribution in [1.82, 2.24) is 10.6 Å². The normalized spacial score (nSPS) is 19.5. The van der Waals surface area contributed by atoms with Crippen molar-refractivity contribution in [1.29, 1.82) is 0 Å². The number of amides is 1. The summed E-state index contributed by atoms with van der Waals surface area (Å²) in [5.74, 6) is 0.698. The van der Waals surface area contributed by atoms with Crippen LogP contribution < -0.4 is 10.6 Å². The molecule has 1 fully saturated rings. The van der Waals surface area contributed by atoms with Crippen molar-refractivity contribution in [3.05, 3.63) is 34.3 Å². The predicted molar refractivity (Wildman–Crippen MR) is 76.4 cm³/mol. The van der Waals surface area contributed by atoms with Crippen LogP contribution in [0.2, 0.25) is 0 Å². The van der Waals surface area contributed by atoms with Crippen LogP contribution in [0.3, 0.4) is 0 Å². The van der Waals surface area contributed by atoms with E-state index in [0.29, 0.717) is 12.3 Å². The maximum absolute atomic E-state index is 11.8. The lowest BCUT2D eigenvalue weighted by Crippen LogP contribution is -2.38. The largest absolute Gasteiger partial charge is 0.355 e. The number of halogens is 1. The number of benzene rings is 1. The van der Waals surface area contributed by atoms with Crippen molar-refractivity contribution in [2.75, 3.05) is 19.6 Å². The Balaban J connectivity index is 1.74. The molecule has 1 aromatic carbocycles. The topological polar surface area (TPSA) is 41.1 Å². The molecule has 0 unspecified atom stereocenters. The molecule has 98 valence electrons. The first-order valence-corrected chi connectivity index (χ1v) is 7.25. The third kappa shape index (κ3) is 4.42. The van der Waals surface area contributed by atoms with E-state index in [9.17, 15) is 4.79 Å². The maximum atomic E-state index is 11.8. The molecule has 2 N–H and O–H groups in total. The van der Waals surface area contributed by atoms with E-state index < -0.39 is 0 Å². The molecular weight excluding hydrogens is 292 g/mol. The Morgan fingerprint density at radius 2 is 2.39 bits per heavy atom. The molecule has 18 heavy (non-hydrogen) atoms. The lowest BCUT2D eigenvalue weighted by atomic mass is 10.00. The van der Waals surface area contributed by atoms with Gasteiger partial charge >= 0.3 is 0 Å². The summed E-state index contributed by atoms with van der Waals surface area (Å²) in [6, 6.07) is 7.89. The summed E-state index contributed by atoms with van der Waals surface area (Å²) >= 11 is 3.41. The second kappa shape index (κ2) is 6.90. The zero-order valence-corrected chi connectivity index (χ0v) is 12.0. The Morgan fingerprint density at radius 3 is 3.11 bits per heavy atom. The van der Waals surface area contributed by atoms with Gasteiger partial charge in [-0.1, -0.05) is 28.1 Å². The van der Waals surface area contributed by atoms with Crippen LogP contribution in [0, 0.1) is 5.92 Å². The van der Waals surface area contributed by atoms with Crippen molar-refractivity contribution in [3.8, 4) is 0 Å². The van der Waals surface area contributed by atoms with E-state index in [4.69, 9.17) is 0 Å². The van der Waals surface area contributed by atoms with Gasteiger partial charge in [-0.2, -0.15) is 0 Å². The lowest BCUT2D eigenvalue weighted by Gasteiger charge is -2.22. The maximum Gasteiger partial charge on any atom is 0.224 e. The Bertz CT molecular complexity index is 403. The summed E-state index contributed by atoms with van der Waals surface area (Å²) in [5.41, 5.74) is 1.05. The van der Waals surface area contributed by atoms with Crippen LogP contribution in [0.4, 0.5) is 0 Å². The van der Waals surface area contributed by atoms with Crippen LogP contribution in [0.5, 0.6) is 0 Å². The van der Waals surface area contributed by atoms with Crippen LogP contribution in [0.1, 0.15) is 18.4 Å². The fourth-order valence-corrected chi connectivity index (χ4v) is 2.70. The molecule has 1 heterocycles. The quantitative estimate of drug-likeness (QED) is 0.894. The van der Waals surface area contributed by atoms with Gasteiger partial charge in [-0.3, -0.25) is 4.79 Å². The molecule has 1 saturated heterocycles. The first kappa shape index (κ1) is 13.6. The lowest BCUT2D eigenvalue weighted by molar-refractivity contribution is -0.120. The van der Waals surface area contributed by atoms with E-state index >= 15 is 0 Å². The van der Waals surface area contributed by atoms with Gasteiger partial charge in [-0.15, -0.1) is 0 Å². The summed E-state index contributed by atoms with van der Waals surface area (Å²) in [4.78, 5) is 11.8. The minimum absolute atomic E-state index is 0.110. The third-order valence-electron chi connectivity index (χ3n) is 3.24. The molecule has 0 radical (unpaired) electrons. The van der Waals surface area contributed by atoms with E-state index in [0.717, 1.165) is 29.7 Å². The van der Waals surface area contributed by atoms with Crippen molar-refractivity contribution < 1.29 is 4.79 Å². The van der Waals surface area contributed by atoms with Crippen molar-refractivity contribution in [2.45, 2.75) is 19.3 Å². The molecule has 0 saturated carbocycles. The Labute approximate surface area is 116 Å². The minimum Gasteiger partial charge on any atom is -0.355 e. The highest BCUT2D eigenvalue weighted by atomic mass is 79.9. The van der Waals surface area contributed by atoms with Crippen LogP contribution in [-0.4, -0.2) is 25.5 Å². The minimum atomic E-state index is 0.110. The SMILES string of the molecule is O=C(Cc1cccc(Br)c1)NC[C@H]1CCCNC1. The molecule has 0 bridgehead atoms. The molecule has 4 heteroatoms. The van der Waals surface area contributed by atoms with Gasteiger partial charge < -0.3 is 10.6 Å².